The first kappa shape index (κ1) is 16.3. The summed E-state index contributed by atoms with van der Waals surface area (Å²) in [4.78, 5) is 12.1. The van der Waals surface area contributed by atoms with Crippen molar-refractivity contribution in [3.8, 4) is 5.75 Å². The van der Waals surface area contributed by atoms with Crippen molar-refractivity contribution < 1.29 is 23.2 Å². The van der Waals surface area contributed by atoms with Gasteiger partial charge in [0, 0.05) is 12.6 Å². The molecule has 0 radical (unpaired) electrons. The number of nitro benzene ring substituents is 1. The fraction of sp³-hybridized carbons (Fsp3) is 0.375. The highest BCUT2D eigenvalue weighted by Gasteiger charge is 2.28. The molecule has 3 rings (SSSR count). The van der Waals surface area contributed by atoms with Gasteiger partial charge in [-0.15, -0.1) is 0 Å². The maximum Gasteiger partial charge on any atom is 0.313 e. The Morgan fingerprint density at radius 1 is 1.42 bits per heavy atom. The van der Waals surface area contributed by atoms with Crippen LogP contribution in [-0.2, 0) is 4.74 Å². The van der Waals surface area contributed by atoms with Gasteiger partial charge in [0.15, 0.2) is 11.6 Å². The summed E-state index contributed by atoms with van der Waals surface area (Å²) < 4.78 is 30.7. The van der Waals surface area contributed by atoms with Crippen LogP contribution in [0, 0.1) is 22.9 Å². The lowest BCUT2D eigenvalue weighted by atomic mass is 10.1. The number of anilines is 1. The van der Waals surface area contributed by atoms with Gasteiger partial charge in [-0.1, -0.05) is 0 Å². The summed E-state index contributed by atoms with van der Waals surface area (Å²) >= 11 is 0. The largest absolute Gasteiger partial charge is 0.490 e. The average Bonchev–Trinajstić information content (AvgIpc) is 3.01. The van der Waals surface area contributed by atoms with Gasteiger partial charge in [-0.25, -0.2) is 4.39 Å². The Bertz CT molecular complexity index is 761. The van der Waals surface area contributed by atoms with Crippen LogP contribution in [0.5, 0.6) is 5.75 Å². The van der Waals surface area contributed by atoms with Crippen LogP contribution in [0.4, 0.5) is 15.8 Å². The lowest BCUT2D eigenvalue weighted by Gasteiger charge is -2.33. The van der Waals surface area contributed by atoms with Crippen LogP contribution < -0.4 is 9.64 Å². The van der Waals surface area contributed by atoms with E-state index in [4.69, 9.17) is 13.9 Å². The zero-order valence-corrected chi connectivity index (χ0v) is 13.3. The van der Waals surface area contributed by atoms with E-state index in [2.05, 4.69) is 0 Å². The van der Waals surface area contributed by atoms with Gasteiger partial charge in [0.2, 0.25) is 0 Å². The summed E-state index contributed by atoms with van der Waals surface area (Å²) in [6.45, 7) is 3.08. The number of furan rings is 1. The summed E-state index contributed by atoms with van der Waals surface area (Å²) in [5.41, 5.74) is -0.153. The predicted octanol–water partition coefficient (Wildman–Crippen LogP) is 3.22. The first-order valence-corrected chi connectivity index (χ1v) is 7.44. The van der Waals surface area contributed by atoms with Crippen LogP contribution >= 0.6 is 0 Å². The molecule has 1 aliphatic rings. The predicted molar refractivity (Wildman–Crippen MR) is 84.0 cm³/mol. The smallest absolute Gasteiger partial charge is 0.313 e. The van der Waals surface area contributed by atoms with Crippen LogP contribution in [0.2, 0.25) is 0 Å². The second kappa shape index (κ2) is 6.48. The van der Waals surface area contributed by atoms with Crippen molar-refractivity contribution in [2.45, 2.75) is 13.0 Å². The standard InChI is InChI=1S/C16H17FN2O5/c1-10-3-4-14(24-10)16-9-18(5-6-23-16)12-8-15(22-2)13(19(20)21)7-11(12)17/h3-4,7-8,16H,5-6,9H2,1-2H3. The van der Waals surface area contributed by atoms with Gasteiger partial charge in [0.25, 0.3) is 0 Å². The molecule has 2 heterocycles. The highest BCUT2D eigenvalue weighted by atomic mass is 19.1. The van der Waals surface area contributed by atoms with E-state index in [1.54, 1.807) is 4.90 Å². The van der Waals surface area contributed by atoms with Crippen molar-refractivity contribution in [3.63, 3.8) is 0 Å². The summed E-state index contributed by atoms with van der Waals surface area (Å²) in [5, 5.41) is 11.0. The molecule has 1 aromatic carbocycles. The van der Waals surface area contributed by atoms with E-state index in [0.717, 1.165) is 11.8 Å². The number of rotatable bonds is 4. The van der Waals surface area contributed by atoms with Crippen molar-refractivity contribution in [2.24, 2.45) is 0 Å². The van der Waals surface area contributed by atoms with Gasteiger partial charge in [-0.05, 0) is 19.1 Å². The molecule has 1 aliphatic heterocycles. The molecule has 0 bridgehead atoms. The molecule has 128 valence electrons. The highest BCUT2D eigenvalue weighted by molar-refractivity contribution is 5.60. The molecule has 1 atom stereocenters. The summed E-state index contributed by atoms with van der Waals surface area (Å²) in [6.07, 6.45) is -0.326. The quantitative estimate of drug-likeness (QED) is 0.630. The Labute approximate surface area is 137 Å². The van der Waals surface area contributed by atoms with Gasteiger partial charge in [-0.3, -0.25) is 10.1 Å². The minimum absolute atomic E-state index is 0.0216. The van der Waals surface area contributed by atoms with Crippen molar-refractivity contribution in [3.05, 3.63) is 51.7 Å². The molecule has 1 saturated heterocycles. The van der Waals surface area contributed by atoms with Crippen LogP contribution in [-0.4, -0.2) is 31.7 Å². The molecule has 8 heteroatoms. The Morgan fingerprint density at radius 2 is 2.21 bits per heavy atom. The fourth-order valence-corrected chi connectivity index (χ4v) is 2.75. The number of nitro groups is 1. The minimum Gasteiger partial charge on any atom is -0.490 e. The molecule has 0 spiro atoms. The van der Waals surface area contributed by atoms with Gasteiger partial charge in [0.1, 0.15) is 17.6 Å². The average molecular weight is 336 g/mol. The maximum atomic E-state index is 14.4. The Morgan fingerprint density at radius 3 is 2.83 bits per heavy atom. The number of benzene rings is 1. The number of ether oxygens (including phenoxy) is 2. The third-order valence-corrected chi connectivity index (χ3v) is 3.93. The molecule has 1 fully saturated rings. The molecule has 2 aromatic rings. The summed E-state index contributed by atoms with van der Waals surface area (Å²) in [5.74, 6) is 0.799. The van der Waals surface area contributed by atoms with Gasteiger partial charge < -0.3 is 18.8 Å². The molecule has 1 aromatic heterocycles. The van der Waals surface area contributed by atoms with Crippen LogP contribution in [0.1, 0.15) is 17.6 Å². The summed E-state index contributed by atoms with van der Waals surface area (Å²) in [7, 11) is 1.32. The van der Waals surface area contributed by atoms with Crippen molar-refractivity contribution in [2.75, 3.05) is 31.7 Å². The molecule has 1 unspecified atom stereocenters. The molecule has 0 amide bonds. The zero-order chi connectivity index (χ0) is 17.3. The Balaban J connectivity index is 1.89. The van der Waals surface area contributed by atoms with Crippen molar-refractivity contribution in [1.82, 2.24) is 0 Å². The topological polar surface area (TPSA) is 78.0 Å². The molecule has 24 heavy (non-hydrogen) atoms. The van der Waals surface area contributed by atoms with E-state index < -0.39 is 16.4 Å². The lowest BCUT2D eigenvalue weighted by Crippen LogP contribution is -2.38. The number of morpholine rings is 1. The third-order valence-electron chi connectivity index (χ3n) is 3.93. The van der Waals surface area contributed by atoms with Crippen LogP contribution in [0.15, 0.2) is 28.7 Å². The Kier molecular flexibility index (Phi) is 4.39. The van der Waals surface area contributed by atoms with Gasteiger partial charge in [0.05, 0.1) is 36.9 Å². The Hall–Kier alpha value is -2.61. The number of aryl methyl sites for hydroxylation is 1. The second-order valence-electron chi connectivity index (χ2n) is 5.49. The molecular formula is C16H17FN2O5. The van der Waals surface area contributed by atoms with Crippen LogP contribution in [0.3, 0.4) is 0 Å². The fourth-order valence-electron chi connectivity index (χ4n) is 2.75. The number of halogens is 1. The molecule has 7 nitrogen and oxygen atoms in total. The molecule has 0 saturated carbocycles. The third kappa shape index (κ3) is 3.05. The highest BCUT2D eigenvalue weighted by Crippen LogP contribution is 2.36. The van der Waals surface area contributed by atoms with E-state index in [9.17, 15) is 14.5 Å². The molecule has 0 aliphatic carbocycles. The van der Waals surface area contributed by atoms with E-state index in [0.29, 0.717) is 25.5 Å². The maximum absolute atomic E-state index is 14.4. The lowest BCUT2D eigenvalue weighted by molar-refractivity contribution is -0.385. The number of hydrogen-bond acceptors (Lipinski definition) is 6. The van der Waals surface area contributed by atoms with E-state index in [-0.39, 0.29) is 17.5 Å². The zero-order valence-electron chi connectivity index (χ0n) is 13.3. The second-order valence-corrected chi connectivity index (χ2v) is 5.49. The van der Waals surface area contributed by atoms with E-state index in [1.165, 1.54) is 13.2 Å². The van der Waals surface area contributed by atoms with Crippen molar-refractivity contribution >= 4 is 11.4 Å². The number of hydrogen-bond donors (Lipinski definition) is 0. The normalized spacial score (nSPS) is 17.8. The molecular weight excluding hydrogens is 319 g/mol. The van der Waals surface area contributed by atoms with Crippen molar-refractivity contribution in [1.29, 1.82) is 0 Å². The number of nitrogens with zero attached hydrogens (tertiary/aromatic N) is 2. The van der Waals surface area contributed by atoms with Crippen LogP contribution in [0.25, 0.3) is 0 Å². The summed E-state index contributed by atoms with van der Waals surface area (Å²) in [6, 6.07) is 5.91. The first-order valence-electron chi connectivity index (χ1n) is 7.44. The minimum atomic E-state index is -0.668. The first-order chi connectivity index (χ1) is 11.5. The number of methoxy groups -OCH3 is 1. The van der Waals surface area contributed by atoms with E-state index >= 15 is 0 Å². The van der Waals surface area contributed by atoms with Gasteiger partial charge in [-0.2, -0.15) is 0 Å². The van der Waals surface area contributed by atoms with E-state index in [1.807, 2.05) is 19.1 Å². The monoisotopic (exact) mass is 336 g/mol. The van der Waals surface area contributed by atoms with Gasteiger partial charge >= 0.3 is 5.69 Å². The SMILES string of the molecule is COc1cc(N2CCOC(c3ccc(C)o3)C2)c(F)cc1[N+](=O)[O-]. The molecule has 0 N–H and O–H groups in total.